The number of sulfonamides is 1. The Hall–Kier alpha value is -0.950. The first-order chi connectivity index (χ1) is 8.01. The molecule has 6 heteroatoms. The van der Waals surface area contributed by atoms with E-state index in [0.717, 1.165) is 5.56 Å². The standard InChI is InChI=1S/C11H16N2O3S/c1-9-3-2-4-10(7-9)17(14,15)13-5-6-16-8-11(13)12/h2-4,7,11H,5-6,8,12H2,1H3. The van der Waals surface area contributed by atoms with Gasteiger partial charge in [-0.15, -0.1) is 0 Å². The van der Waals surface area contributed by atoms with Crippen LogP contribution >= 0.6 is 0 Å². The van der Waals surface area contributed by atoms with Crippen LogP contribution in [0.25, 0.3) is 0 Å². The number of nitrogens with two attached hydrogens (primary N) is 1. The van der Waals surface area contributed by atoms with Gasteiger partial charge in [-0.1, -0.05) is 12.1 Å². The molecule has 0 bridgehead atoms. The summed E-state index contributed by atoms with van der Waals surface area (Å²) in [5, 5.41) is 0. The number of ether oxygens (including phenoxy) is 1. The second kappa shape index (κ2) is 4.73. The van der Waals surface area contributed by atoms with Crippen molar-refractivity contribution in [2.45, 2.75) is 18.0 Å². The summed E-state index contributed by atoms with van der Waals surface area (Å²) in [4.78, 5) is 0.287. The number of aryl methyl sites for hydroxylation is 1. The van der Waals surface area contributed by atoms with Gasteiger partial charge in [-0.25, -0.2) is 8.42 Å². The van der Waals surface area contributed by atoms with Gasteiger partial charge in [-0.2, -0.15) is 4.31 Å². The first-order valence-electron chi connectivity index (χ1n) is 5.43. The van der Waals surface area contributed by atoms with E-state index in [-0.39, 0.29) is 11.5 Å². The number of morpholine rings is 1. The molecule has 0 aromatic heterocycles. The summed E-state index contributed by atoms with van der Waals surface area (Å²) in [6, 6.07) is 6.83. The molecule has 0 aliphatic carbocycles. The number of benzene rings is 1. The van der Waals surface area contributed by atoms with E-state index in [1.54, 1.807) is 18.2 Å². The summed E-state index contributed by atoms with van der Waals surface area (Å²) < 4.78 is 31.1. The van der Waals surface area contributed by atoms with Crippen LogP contribution in [0, 0.1) is 6.92 Å². The van der Waals surface area contributed by atoms with Crippen LogP contribution in [0.1, 0.15) is 5.56 Å². The van der Waals surface area contributed by atoms with Crippen LogP contribution < -0.4 is 5.73 Å². The Morgan fingerprint density at radius 2 is 2.24 bits per heavy atom. The Morgan fingerprint density at radius 1 is 1.47 bits per heavy atom. The lowest BCUT2D eigenvalue weighted by Crippen LogP contribution is -2.53. The van der Waals surface area contributed by atoms with E-state index in [9.17, 15) is 8.42 Å². The summed E-state index contributed by atoms with van der Waals surface area (Å²) in [5.41, 5.74) is 6.67. The normalized spacial score (nSPS) is 22.6. The summed E-state index contributed by atoms with van der Waals surface area (Å²) in [6.45, 7) is 2.79. The highest BCUT2D eigenvalue weighted by Crippen LogP contribution is 2.19. The third-order valence-electron chi connectivity index (χ3n) is 2.71. The van der Waals surface area contributed by atoms with E-state index in [1.807, 2.05) is 13.0 Å². The zero-order valence-corrected chi connectivity index (χ0v) is 10.5. The average molecular weight is 256 g/mol. The third kappa shape index (κ3) is 2.50. The number of hydrogen-bond donors (Lipinski definition) is 1. The molecule has 1 aliphatic rings. The highest BCUT2D eigenvalue weighted by Gasteiger charge is 2.31. The summed E-state index contributed by atoms with van der Waals surface area (Å²) in [5.74, 6) is 0. The molecule has 1 aromatic carbocycles. The van der Waals surface area contributed by atoms with Gasteiger partial charge in [0.25, 0.3) is 0 Å². The maximum atomic E-state index is 12.3. The van der Waals surface area contributed by atoms with Crippen LogP contribution in [0.3, 0.4) is 0 Å². The van der Waals surface area contributed by atoms with Gasteiger partial charge < -0.3 is 10.5 Å². The minimum absolute atomic E-state index is 0.241. The Labute approximate surface area is 101 Å². The second-order valence-electron chi connectivity index (χ2n) is 4.07. The summed E-state index contributed by atoms with van der Waals surface area (Å²) in [7, 11) is -3.51. The first kappa shape index (κ1) is 12.5. The lowest BCUT2D eigenvalue weighted by atomic mass is 10.2. The fourth-order valence-corrected chi connectivity index (χ4v) is 3.41. The van der Waals surface area contributed by atoms with Gasteiger partial charge in [0.15, 0.2) is 0 Å². The molecule has 2 N–H and O–H groups in total. The molecule has 94 valence electrons. The van der Waals surface area contributed by atoms with E-state index in [1.165, 1.54) is 4.31 Å². The SMILES string of the molecule is Cc1cccc(S(=O)(=O)N2CCOCC2N)c1. The quantitative estimate of drug-likeness (QED) is 0.826. The average Bonchev–Trinajstić information content (AvgIpc) is 2.29. The highest BCUT2D eigenvalue weighted by atomic mass is 32.2. The largest absolute Gasteiger partial charge is 0.377 e. The van der Waals surface area contributed by atoms with E-state index in [4.69, 9.17) is 10.5 Å². The topological polar surface area (TPSA) is 72.6 Å². The predicted octanol–water partition coefficient (Wildman–Crippen LogP) is 0.301. The molecule has 0 saturated carbocycles. The van der Waals surface area contributed by atoms with Crippen molar-refractivity contribution in [3.63, 3.8) is 0 Å². The molecule has 1 heterocycles. The molecule has 1 saturated heterocycles. The smallest absolute Gasteiger partial charge is 0.244 e. The molecule has 17 heavy (non-hydrogen) atoms. The van der Waals surface area contributed by atoms with E-state index in [2.05, 4.69) is 0 Å². The Balaban J connectivity index is 2.35. The van der Waals surface area contributed by atoms with Gasteiger partial charge in [-0.05, 0) is 24.6 Å². The maximum absolute atomic E-state index is 12.3. The van der Waals surface area contributed by atoms with Gasteiger partial charge >= 0.3 is 0 Å². The van der Waals surface area contributed by atoms with Crippen LogP contribution in [-0.2, 0) is 14.8 Å². The minimum Gasteiger partial charge on any atom is -0.377 e. The minimum atomic E-state index is -3.51. The zero-order valence-electron chi connectivity index (χ0n) is 9.67. The van der Waals surface area contributed by atoms with Crippen LogP contribution in [0.2, 0.25) is 0 Å². The predicted molar refractivity (Wildman–Crippen MR) is 63.9 cm³/mol. The van der Waals surface area contributed by atoms with Crippen LogP contribution in [-0.4, -0.2) is 38.6 Å². The first-order valence-corrected chi connectivity index (χ1v) is 6.87. The second-order valence-corrected chi connectivity index (χ2v) is 5.97. The molecule has 0 radical (unpaired) electrons. The highest BCUT2D eigenvalue weighted by molar-refractivity contribution is 7.89. The van der Waals surface area contributed by atoms with Crippen molar-refractivity contribution in [3.8, 4) is 0 Å². The lowest BCUT2D eigenvalue weighted by molar-refractivity contribution is 0.0350. The fraction of sp³-hybridized carbons (Fsp3) is 0.455. The van der Waals surface area contributed by atoms with E-state index in [0.29, 0.717) is 13.2 Å². The van der Waals surface area contributed by atoms with E-state index >= 15 is 0 Å². The van der Waals surface area contributed by atoms with Gasteiger partial charge in [0.05, 0.1) is 24.3 Å². The number of rotatable bonds is 2. The van der Waals surface area contributed by atoms with Crippen LogP contribution in [0.4, 0.5) is 0 Å². The van der Waals surface area contributed by atoms with Crippen LogP contribution in [0.15, 0.2) is 29.2 Å². The molecule has 2 rings (SSSR count). The van der Waals surface area contributed by atoms with Crippen molar-refractivity contribution in [3.05, 3.63) is 29.8 Å². The molecule has 0 spiro atoms. The summed E-state index contributed by atoms with van der Waals surface area (Å²) >= 11 is 0. The van der Waals surface area contributed by atoms with Crippen LogP contribution in [0.5, 0.6) is 0 Å². The van der Waals surface area contributed by atoms with Gasteiger partial charge in [-0.3, -0.25) is 0 Å². The Morgan fingerprint density at radius 3 is 2.88 bits per heavy atom. The van der Waals surface area contributed by atoms with Gasteiger partial charge in [0.1, 0.15) is 0 Å². The molecular weight excluding hydrogens is 240 g/mol. The van der Waals surface area contributed by atoms with Crippen molar-refractivity contribution in [1.29, 1.82) is 0 Å². The molecule has 5 nitrogen and oxygen atoms in total. The van der Waals surface area contributed by atoms with Crippen molar-refractivity contribution in [2.75, 3.05) is 19.8 Å². The van der Waals surface area contributed by atoms with Gasteiger partial charge in [0, 0.05) is 6.54 Å². The molecular formula is C11H16N2O3S. The van der Waals surface area contributed by atoms with Crippen molar-refractivity contribution in [1.82, 2.24) is 4.31 Å². The Bertz CT molecular complexity index is 501. The lowest BCUT2D eigenvalue weighted by Gasteiger charge is -2.31. The fourth-order valence-electron chi connectivity index (χ4n) is 1.82. The number of nitrogens with zero attached hydrogens (tertiary/aromatic N) is 1. The van der Waals surface area contributed by atoms with E-state index < -0.39 is 16.2 Å². The van der Waals surface area contributed by atoms with Crippen molar-refractivity contribution in [2.24, 2.45) is 5.73 Å². The third-order valence-corrected chi connectivity index (χ3v) is 4.63. The molecule has 0 amide bonds. The maximum Gasteiger partial charge on any atom is 0.244 e. The zero-order chi connectivity index (χ0) is 12.5. The molecule has 1 fully saturated rings. The van der Waals surface area contributed by atoms with Gasteiger partial charge in [0.2, 0.25) is 10.0 Å². The van der Waals surface area contributed by atoms with Crippen molar-refractivity contribution >= 4 is 10.0 Å². The Kier molecular flexibility index (Phi) is 3.48. The number of hydrogen-bond acceptors (Lipinski definition) is 4. The molecule has 1 aromatic rings. The summed E-state index contributed by atoms with van der Waals surface area (Å²) in [6.07, 6.45) is -0.603. The van der Waals surface area contributed by atoms with Crippen molar-refractivity contribution < 1.29 is 13.2 Å². The molecule has 1 atom stereocenters. The molecule has 1 unspecified atom stereocenters. The monoisotopic (exact) mass is 256 g/mol. The molecule has 1 aliphatic heterocycles.